The second-order valence-electron chi connectivity index (χ2n) is 9.05. The molecule has 38 heavy (non-hydrogen) atoms. The van der Waals surface area contributed by atoms with Crippen molar-refractivity contribution in [2.75, 3.05) is 24.6 Å². The number of ether oxygens (including phenoxy) is 1. The third-order valence-electron chi connectivity index (χ3n) is 6.39. The molecule has 3 aromatic carbocycles. The maximum atomic E-state index is 11.8. The Morgan fingerprint density at radius 1 is 0.842 bits per heavy atom. The number of unbranched alkanes of at least 4 members (excludes halogenated alkanes) is 3. The Labute approximate surface area is 226 Å². The Balaban J connectivity index is 0.000000432. The Bertz CT molecular complexity index is 1140. The summed E-state index contributed by atoms with van der Waals surface area (Å²) in [7, 11) is 0. The molecule has 1 atom stereocenters. The summed E-state index contributed by atoms with van der Waals surface area (Å²) < 4.78 is 4.75. The summed E-state index contributed by atoms with van der Waals surface area (Å²) in [5.74, 6) is -1.36. The number of nitrogens with zero attached hydrogens (tertiary/aromatic N) is 1. The van der Waals surface area contributed by atoms with Gasteiger partial charge >= 0.3 is 11.9 Å². The van der Waals surface area contributed by atoms with Gasteiger partial charge in [-0.25, -0.2) is 4.79 Å². The van der Waals surface area contributed by atoms with E-state index in [1.807, 2.05) is 54.6 Å². The second-order valence-corrected chi connectivity index (χ2v) is 9.05. The summed E-state index contributed by atoms with van der Waals surface area (Å²) in [6.45, 7) is 10.0. The van der Waals surface area contributed by atoms with E-state index in [9.17, 15) is 19.8 Å². The van der Waals surface area contributed by atoms with Gasteiger partial charge in [0.2, 0.25) is 0 Å². The highest BCUT2D eigenvalue weighted by Crippen LogP contribution is 2.39. The number of carboxylic acids is 1. The molecule has 3 aromatic rings. The number of carbonyl (C=O) groups is 2. The second kappa shape index (κ2) is 16.1. The molecule has 0 aliphatic heterocycles. The first-order valence-electron chi connectivity index (χ1n) is 13.4. The van der Waals surface area contributed by atoms with Crippen molar-refractivity contribution >= 4 is 17.6 Å². The van der Waals surface area contributed by atoms with E-state index < -0.39 is 5.97 Å². The first-order valence-corrected chi connectivity index (χ1v) is 13.4. The molecule has 0 radical (unpaired) electrons. The lowest BCUT2D eigenvalue weighted by molar-refractivity contribution is -0.141. The van der Waals surface area contributed by atoms with Crippen molar-refractivity contribution in [3.63, 3.8) is 0 Å². The van der Waals surface area contributed by atoms with Gasteiger partial charge in [-0.2, -0.15) is 0 Å². The van der Waals surface area contributed by atoms with Crippen molar-refractivity contribution in [3.8, 4) is 5.75 Å². The average molecular weight is 520 g/mol. The number of anilines is 1. The van der Waals surface area contributed by atoms with Crippen LogP contribution in [0.2, 0.25) is 0 Å². The molecule has 0 spiro atoms. The first kappa shape index (κ1) is 30.4. The molecule has 2 N–H and O–H groups in total. The van der Waals surface area contributed by atoms with Gasteiger partial charge < -0.3 is 19.8 Å². The molecule has 0 bridgehead atoms. The molecule has 0 saturated heterocycles. The number of phenolic OH excluding ortho intramolecular Hbond substituents is 1. The first-order chi connectivity index (χ1) is 18.3. The van der Waals surface area contributed by atoms with Crippen LogP contribution in [0.25, 0.3) is 0 Å². The Kier molecular flexibility index (Phi) is 12.9. The third kappa shape index (κ3) is 8.94. The summed E-state index contributed by atoms with van der Waals surface area (Å²) in [6.07, 6.45) is 4.64. The zero-order valence-corrected chi connectivity index (χ0v) is 23.0. The highest BCUT2D eigenvalue weighted by molar-refractivity contribution is 5.90. The molecule has 0 aromatic heterocycles. The van der Waals surface area contributed by atoms with E-state index in [1.54, 1.807) is 18.2 Å². The number of benzene rings is 3. The van der Waals surface area contributed by atoms with Crippen LogP contribution in [-0.2, 0) is 9.53 Å². The molecular weight excluding hydrogens is 478 g/mol. The highest BCUT2D eigenvalue weighted by Gasteiger charge is 2.25. The van der Waals surface area contributed by atoms with Crippen LogP contribution in [0.1, 0.15) is 86.3 Å². The number of phenols is 1. The standard InChI is InChI=1S/C24H25NO3.C8H16O2/c1-3-25(4-2)18-14-15-21(22(26)16-18)23(17-10-6-5-7-11-17)19-12-8-9-13-20(19)24(27)28;1-3-4-5-6-7-10-8(2)9/h5-16,23,26H,3-4H2,1-2H3,(H,27,28);3-7H2,1-2H3. The molecule has 3 rings (SSSR count). The van der Waals surface area contributed by atoms with Gasteiger partial charge in [0.15, 0.2) is 0 Å². The smallest absolute Gasteiger partial charge is 0.335 e. The lowest BCUT2D eigenvalue weighted by atomic mass is 9.82. The number of aromatic carboxylic acids is 1. The van der Waals surface area contributed by atoms with Crippen LogP contribution in [0, 0.1) is 0 Å². The van der Waals surface area contributed by atoms with Gasteiger partial charge in [0.05, 0.1) is 12.2 Å². The van der Waals surface area contributed by atoms with E-state index >= 15 is 0 Å². The molecule has 0 aliphatic rings. The highest BCUT2D eigenvalue weighted by atomic mass is 16.5. The molecule has 0 amide bonds. The lowest BCUT2D eigenvalue weighted by Crippen LogP contribution is -2.21. The van der Waals surface area contributed by atoms with Crippen molar-refractivity contribution in [2.24, 2.45) is 0 Å². The third-order valence-corrected chi connectivity index (χ3v) is 6.39. The monoisotopic (exact) mass is 519 g/mol. The van der Waals surface area contributed by atoms with Crippen LogP contribution in [0.5, 0.6) is 5.75 Å². The number of carboxylic acid groups (broad SMARTS) is 1. The summed E-state index contributed by atoms with van der Waals surface area (Å²) in [5.41, 5.74) is 3.47. The molecule has 204 valence electrons. The maximum absolute atomic E-state index is 11.8. The maximum Gasteiger partial charge on any atom is 0.335 e. The van der Waals surface area contributed by atoms with Gasteiger partial charge in [-0.1, -0.05) is 80.8 Å². The number of aromatic hydroxyl groups is 1. The van der Waals surface area contributed by atoms with Crippen LogP contribution >= 0.6 is 0 Å². The van der Waals surface area contributed by atoms with Gasteiger partial charge in [0.25, 0.3) is 0 Å². The molecule has 0 aliphatic carbocycles. The van der Waals surface area contributed by atoms with Crippen LogP contribution in [0.3, 0.4) is 0 Å². The Hall–Kier alpha value is -3.80. The Morgan fingerprint density at radius 3 is 2.08 bits per heavy atom. The molecular formula is C32H41NO5. The zero-order chi connectivity index (χ0) is 27.9. The zero-order valence-electron chi connectivity index (χ0n) is 23.0. The topological polar surface area (TPSA) is 87.1 Å². The van der Waals surface area contributed by atoms with Crippen molar-refractivity contribution in [3.05, 3.63) is 95.1 Å². The summed E-state index contributed by atoms with van der Waals surface area (Å²) in [5, 5.41) is 20.6. The van der Waals surface area contributed by atoms with E-state index in [2.05, 4.69) is 25.7 Å². The fourth-order valence-electron chi connectivity index (χ4n) is 4.42. The minimum Gasteiger partial charge on any atom is -0.508 e. The van der Waals surface area contributed by atoms with Crippen molar-refractivity contribution < 1.29 is 24.5 Å². The largest absolute Gasteiger partial charge is 0.508 e. The van der Waals surface area contributed by atoms with Gasteiger partial charge in [-0.05, 0) is 43.5 Å². The normalized spacial score (nSPS) is 11.2. The number of hydrogen-bond acceptors (Lipinski definition) is 5. The molecule has 0 fully saturated rings. The fraction of sp³-hybridized carbons (Fsp3) is 0.375. The molecule has 6 nitrogen and oxygen atoms in total. The van der Waals surface area contributed by atoms with Crippen LogP contribution < -0.4 is 4.90 Å². The molecule has 6 heteroatoms. The summed E-state index contributed by atoms with van der Waals surface area (Å²) >= 11 is 0. The average Bonchev–Trinajstić information content (AvgIpc) is 2.91. The lowest BCUT2D eigenvalue weighted by Gasteiger charge is -2.25. The van der Waals surface area contributed by atoms with E-state index in [1.165, 1.54) is 26.2 Å². The number of rotatable bonds is 12. The van der Waals surface area contributed by atoms with Gasteiger partial charge in [0, 0.05) is 43.2 Å². The van der Waals surface area contributed by atoms with Crippen molar-refractivity contribution in [2.45, 2.75) is 59.3 Å². The van der Waals surface area contributed by atoms with Gasteiger partial charge in [-0.3, -0.25) is 4.79 Å². The van der Waals surface area contributed by atoms with Gasteiger partial charge in [0.1, 0.15) is 5.75 Å². The quantitative estimate of drug-likeness (QED) is 0.149. The van der Waals surface area contributed by atoms with Crippen molar-refractivity contribution in [1.29, 1.82) is 0 Å². The minimum atomic E-state index is -0.976. The number of hydrogen-bond donors (Lipinski definition) is 2. The van der Waals surface area contributed by atoms with Gasteiger partial charge in [-0.15, -0.1) is 0 Å². The predicted octanol–water partition coefficient (Wildman–Crippen LogP) is 7.25. The SMILES string of the molecule is CCCCCCOC(C)=O.CCN(CC)c1ccc(C(c2ccccc2)c2ccccc2C(=O)O)c(O)c1. The summed E-state index contributed by atoms with van der Waals surface area (Å²) in [4.78, 5) is 24.2. The predicted molar refractivity (Wildman–Crippen MR) is 153 cm³/mol. The molecule has 0 heterocycles. The van der Waals surface area contributed by atoms with E-state index in [0.29, 0.717) is 17.7 Å². The van der Waals surface area contributed by atoms with Crippen molar-refractivity contribution in [1.82, 2.24) is 0 Å². The minimum absolute atomic E-state index is 0.165. The number of carbonyl (C=O) groups excluding carboxylic acids is 1. The Morgan fingerprint density at radius 2 is 1.50 bits per heavy atom. The fourth-order valence-corrected chi connectivity index (χ4v) is 4.42. The van der Waals surface area contributed by atoms with E-state index in [0.717, 1.165) is 30.8 Å². The number of esters is 1. The van der Waals surface area contributed by atoms with E-state index in [-0.39, 0.29) is 23.2 Å². The van der Waals surface area contributed by atoms with Crippen LogP contribution in [0.4, 0.5) is 5.69 Å². The van der Waals surface area contributed by atoms with Crippen LogP contribution in [-0.4, -0.2) is 41.8 Å². The molecule has 0 saturated carbocycles. The van der Waals surface area contributed by atoms with Crippen LogP contribution in [0.15, 0.2) is 72.8 Å². The molecule has 1 unspecified atom stereocenters. The van der Waals surface area contributed by atoms with E-state index in [4.69, 9.17) is 4.74 Å². The summed E-state index contributed by atoms with van der Waals surface area (Å²) in [6, 6.07) is 22.3.